The Kier molecular flexibility index (Phi) is 7.00. The minimum absolute atomic E-state index is 0.118. The number of rotatable bonds is 5. The van der Waals surface area contributed by atoms with Crippen molar-refractivity contribution in [2.45, 2.75) is 6.42 Å². The van der Waals surface area contributed by atoms with Crippen molar-refractivity contribution in [3.63, 3.8) is 0 Å². The van der Waals surface area contributed by atoms with Gasteiger partial charge in [0.25, 0.3) is 0 Å². The summed E-state index contributed by atoms with van der Waals surface area (Å²) in [6.45, 7) is 3.61. The molecule has 1 aliphatic heterocycles. The maximum atomic E-state index is 11.8. The third kappa shape index (κ3) is 4.80. The zero-order chi connectivity index (χ0) is 13.4. The van der Waals surface area contributed by atoms with Gasteiger partial charge in [-0.05, 0) is 6.42 Å². The molecule has 2 amide bonds. The van der Waals surface area contributed by atoms with Crippen LogP contribution in [0.4, 0.5) is 0 Å². The summed E-state index contributed by atoms with van der Waals surface area (Å²) in [7, 11) is 0. The zero-order valence-corrected chi connectivity index (χ0v) is 11.2. The Morgan fingerprint density at radius 3 is 2.44 bits per heavy atom. The van der Waals surface area contributed by atoms with Gasteiger partial charge in [-0.25, -0.2) is 0 Å². The molecule has 0 bridgehead atoms. The van der Waals surface area contributed by atoms with Gasteiger partial charge in [0.2, 0.25) is 0 Å². The predicted octanol–water partition coefficient (Wildman–Crippen LogP) is -1.13. The van der Waals surface area contributed by atoms with E-state index in [4.69, 9.17) is 16.7 Å². The smallest absolute Gasteiger partial charge is 0.311 e. The van der Waals surface area contributed by atoms with Crippen molar-refractivity contribution < 1.29 is 14.7 Å². The van der Waals surface area contributed by atoms with E-state index in [9.17, 15) is 9.59 Å². The Hall–Kier alpha value is -0.850. The SMILES string of the molecule is O=C(NCCCCl)C(=O)N1CCN(CCO)CC1. The fourth-order valence-corrected chi connectivity index (χ4v) is 1.94. The highest BCUT2D eigenvalue weighted by atomic mass is 35.5. The van der Waals surface area contributed by atoms with E-state index in [2.05, 4.69) is 10.2 Å². The molecule has 104 valence electrons. The highest BCUT2D eigenvalue weighted by Gasteiger charge is 2.25. The van der Waals surface area contributed by atoms with E-state index in [0.717, 1.165) is 0 Å². The van der Waals surface area contributed by atoms with Gasteiger partial charge in [-0.15, -0.1) is 11.6 Å². The third-order valence-corrected chi connectivity index (χ3v) is 3.13. The topological polar surface area (TPSA) is 72.9 Å². The number of aliphatic hydroxyl groups excluding tert-OH is 1. The highest BCUT2D eigenvalue weighted by Crippen LogP contribution is 2.01. The van der Waals surface area contributed by atoms with Crippen molar-refractivity contribution in [2.75, 3.05) is 51.8 Å². The van der Waals surface area contributed by atoms with Crippen LogP contribution in [0, 0.1) is 0 Å². The van der Waals surface area contributed by atoms with Crippen LogP contribution in [-0.2, 0) is 9.59 Å². The Labute approximate surface area is 112 Å². The fraction of sp³-hybridized carbons (Fsp3) is 0.818. The number of piperazine rings is 1. The molecule has 1 heterocycles. The maximum Gasteiger partial charge on any atom is 0.311 e. The van der Waals surface area contributed by atoms with E-state index >= 15 is 0 Å². The Morgan fingerprint density at radius 2 is 1.89 bits per heavy atom. The first-order valence-electron chi connectivity index (χ1n) is 6.15. The number of nitrogens with one attached hydrogen (secondary N) is 1. The van der Waals surface area contributed by atoms with Crippen LogP contribution < -0.4 is 5.32 Å². The van der Waals surface area contributed by atoms with Crippen LogP contribution in [0.15, 0.2) is 0 Å². The lowest BCUT2D eigenvalue weighted by Crippen LogP contribution is -2.53. The molecule has 0 saturated carbocycles. The molecule has 0 spiro atoms. The molecule has 1 rings (SSSR count). The average molecular weight is 278 g/mol. The van der Waals surface area contributed by atoms with Gasteiger partial charge in [0.1, 0.15) is 0 Å². The van der Waals surface area contributed by atoms with Gasteiger partial charge in [0.15, 0.2) is 0 Å². The number of carbonyl (C=O) groups excluding carboxylic acids is 2. The summed E-state index contributed by atoms with van der Waals surface area (Å²) in [6, 6.07) is 0. The number of amides is 2. The Balaban J connectivity index is 2.28. The highest BCUT2D eigenvalue weighted by molar-refractivity contribution is 6.35. The molecule has 18 heavy (non-hydrogen) atoms. The lowest BCUT2D eigenvalue weighted by atomic mass is 10.3. The van der Waals surface area contributed by atoms with Gasteiger partial charge in [0.05, 0.1) is 6.61 Å². The van der Waals surface area contributed by atoms with Crippen molar-refractivity contribution in [1.29, 1.82) is 0 Å². The monoisotopic (exact) mass is 277 g/mol. The van der Waals surface area contributed by atoms with E-state index < -0.39 is 11.8 Å². The lowest BCUT2D eigenvalue weighted by Gasteiger charge is -2.33. The summed E-state index contributed by atoms with van der Waals surface area (Å²) in [4.78, 5) is 26.9. The van der Waals surface area contributed by atoms with Crippen LogP contribution in [0.2, 0.25) is 0 Å². The zero-order valence-electron chi connectivity index (χ0n) is 10.4. The minimum atomic E-state index is -0.560. The molecular weight excluding hydrogens is 258 g/mol. The second-order valence-electron chi connectivity index (χ2n) is 4.16. The third-order valence-electron chi connectivity index (χ3n) is 2.87. The molecule has 1 aliphatic rings. The van der Waals surface area contributed by atoms with Crippen molar-refractivity contribution in [2.24, 2.45) is 0 Å². The number of β-amino-alcohol motifs (C(OH)–C–C–N with tert-alkyl or cyclic N) is 1. The number of hydrogen-bond acceptors (Lipinski definition) is 4. The molecule has 1 fully saturated rings. The molecule has 0 atom stereocenters. The van der Waals surface area contributed by atoms with Crippen LogP contribution in [-0.4, -0.2) is 78.5 Å². The van der Waals surface area contributed by atoms with Crippen molar-refractivity contribution in [3.05, 3.63) is 0 Å². The van der Waals surface area contributed by atoms with Crippen LogP contribution in [0.3, 0.4) is 0 Å². The molecule has 7 heteroatoms. The van der Waals surface area contributed by atoms with E-state index in [1.54, 1.807) is 4.90 Å². The van der Waals surface area contributed by atoms with Crippen molar-refractivity contribution in [3.8, 4) is 0 Å². The lowest BCUT2D eigenvalue weighted by molar-refractivity contribution is -0.147. The average Bonchev–Trinajstić information content (AvgIpc) is 2.39. The van der Waals surface area contributed by atoms with Gasteiger partial charge in [-0.2, -0.15) is 0 Å². The maximum absolute atomic E-state index is 11.8. The second-order valence-corrected chi connectivity index (χ2v) is 4.53. The summed E-state index contributed by atoms with van der Waals surface area (Å²) in [5, 5.41) is 11.4. The van der Waals surface area contributed by atoms with E-state index in [-0.39, 0.29) is 6.61 Å². The number of halogens is 1. The molecule has 1 saturated heterocycles. The molecule has 0 aliphatic carbocycles. The molecule has 0 aromatic carbocycles. The van der Waals surface area contributed by atoms with Gasteiger partial charge >= 0.3 is 11.8 Å². The number of hydrogen-bond donors (Lipinski definition) is 2. The summed E-state index contributed by atoms with van der Waals surface area (Å²) >= 11 is 5.49. The largest absolute Gasteiger partial charge is 0.395 e. The number of carbonyl (C=O) groups is 2. The van der Waals surface area contributed by atoms with Gasteiger partial charge in [-0.3, -0.25) is 14.5 Å². The first kappa shape index (κ1) is 15.2. The van der Waals surface area contributed by atoms with Crippen LogP contribution in [0.1, 0.15) is 6.42 Å². The summed E-state index contributed by atoms with van der Waals surface area (Å²) < 4.78 is 0. The summed E-state index contributed by atoms with van der Waals surface area (Å²) in [6.07, 6.45) is 0.658. The van der Waals surface area contributed by atoms with Gasteiger partial charge < -0.3 is 15.3 Å². The Morgan fingerprint density at radius 1 is 1.22 bits per heavy atom. The Bertz CT molecular complexity index is 281. The first-order chi connectivity index (χ1) is 8.69. The number of alkyl halides is 1. The quantitative estimate of drug-likeness (QED) is 0.379. The predicted molar refractivity (Wildman–Crippen MR) is 68.5 cm³/mol. The van der Waals surface area contributed by atoms with Crippen LogP contribution >= 0.6 is 11.6 Å². The molecule has 0 radical (unpaired) electrons. The van der Waals surface area contributed by atoms with E-state index in [1.165, 1.54) is 0 Å². The summed E-state index contributed by atoms with van der Waals surface area (Å²) in [5.74, 6) is -0.571. The van der Waals surface area contributed by atoms with Gasteiger partial charge in [-0.1, -0.05) is 0 Å². The minimum Gasteiger partial charge on any atom is -0.395 e. The van der Waals surface area contributed by atoms with Crippen LogP contribution in [0.5, 0.6) is 0 Å². The second kappa shape index (κ2) is 8.29. The van der Waals surface area contributed by atoms with E-state index in [1.807, 2.05) is 0 Å². The fourth-order valence-electron chi connectivity index (χ4n) is 1.80. The van der Waals surface area contributed by atoms with Crippen molar-refractivity contribution in [1.82, 2.24) is 15.1 Å². The first-order valence-corrected chi connectivity index (χ1v) is 6.68. The molecule has 0 unspecified atom stereocenters. The van der Waals surface area contributed by atoms with Gasteiger partial charge in [0, 0.05) is 45.1 Å². The molecule has 6 nitrogen and oxygen atoms in total. The van der Waals surface area contributed by atoms with Crippen LogP contribution in [0.25, 0.3) is 0 Å². The molecular formula is C11H20ClN3O3. The molecule has 0 aromatic heterocycles. The molecule has 0 aromatic rings. The summed E-state index contributed by atoms with van der Waals surface area (Å²) in [5.41, 5.74) is 0. The number of nitrogens with zero attached hydrogens (tertiary/aromatic N) is 2. The number of aliphatic hydroxyl groups is 1. The van der Waals surface area contributed by atoms with Crippen molar-refractivity contribution >= 4 is 23.4 Å². The normalized spacial score (nSPS) is 16.7. The standard InChI is InChI=1S/C11H20ClN3O3/c12-2-1-3-13-10(17)11(18)15-6-4-14(5-7-15)8-9-16/h16H,1-9H2,(H,13,17). The van der Waals surface area contributed by atoms with E-state index in [0.29, 0.717) is 51.6 Å². The molecule has 2 N–H and O–H groups in total.